The van der Waals surface area contributed by atoms with Gasteiger partial charge in [-0.2, -0.15) is 5.10 Å². The van der Waals surface area contributed by atoms with Gasteiger partial charge >= 0.3 is 0 Å². The maximum absolute atomic E-state index is 5.99. The van der Waals surface area contributed by atoms with Gasteiger partial charge in [0.15, 0.2) is 11.5 Å². The summed E-state index contributed by atoms with van der Waals surface area (Å²) >= 11 is 0. The largest absolute Gasteiger partial charge is 0.493 e. The number of unbranched alkanes of at least 4 members (excludes halogenated alkanes) is 1. The Hall–Kier alpha value is -3.61. The summed E-state index contributed by atoms with van der Waals surface area (Å²) in [7, 11) is 1.65. The number of nitrogens with zero attached hydrogens (tertiary/aromatic N) is 3. The van der Waals surface area contributed by atoms with E-state index in [9.17, 15) is 0 Å². The number of anilines is 1. The van der Waals surface area contributed by atoms with Gasteiger partial charge in [0.25, 0.3) is 0 Å². The maximum Gasteiger partial charge on any atom is 0.162 e. The topological polar surface area (TPSA) is 85.0 Å². The summed E-state index contributed by atoms with van der Waals surface area (Å²) in [6.07, 6.45) is 5.78. The van der Waals surface area contributed by atoms with Crippen LogP contribution in [0.5, 0.6) is 11.5 Å². The molecule has 2 aromatic heterocycles. The lowest BCUT2D eigenvalue weighted by Gasteiger charge is -2.19. The third kappa shape index (κ3) is 4.66. The van der Waals surface area contributed by atoms with Gasteiger partial charge in [-0.05, 0) is 43.5 Å². The van der Waals surface area contributed by atoms with Gasteiger partial charge in [0.2, 0.25) is 0 Å². The summed E-state index contributed by atoms with van der Waals surface area (Å²) in [6, 6.07) is 12.3. The Kier molecular flexibility index (Phi) is 6.54. The van der Waals surface area contributed by atoms with E-state index in [0.717, 1.165) is 46.3 Å². The molecular weight excluding hydrogens is 402 g/mol. The highest BCUT2D eigenvalue weighted by Crippen LogP contribution is 2.35. The van der Waals surface area contributed by atoms with Crippen molar-refractivity contribution in [1.29, 1.82) is 0 Å². The van der Waals surface area contributed by atoms with Gasteiger partial charge in [-0.15, -0.1) is 0 Å². The predicted octanol–water partition coefficient (Wildman–Crippen LogP) is 5.69. The molecule has 1 unspecified atom stereocenters. The SMILES string of the molecule is CCCCOc1cc2c(NC(C)c3cccc(-c4cn[nH]c4)c3)nc(C)nc2cc1OC. The van der Waals surface area contributed by atoms with Crippen LogP contribution in [0.15, 0.2) is 48.8 Å². The van der Waals surface area contributed by atoms with Crippen LogP contribution in [-0.4, -0.2) is 33.9 Å². The van der Waals surface area contributed by atoms with Crippen LogP contribution in [0.1, 0.15) is 44.1 Å². The zero-order valence-corrected chi connectivity index (χ0v) is 19.0. The number of aryl methyl sites for hydroxylation is 1. The lowest BCUT2D eigenvalue weighted by molar-refractivity contribution is 0.289. The van der Waals surface area contributed by atoms with Crippen LogP contribution in [-0.2, 0) is 0 Å². The van der Waals surface area contributed by atoms with Crippen molar-refractivity contribution in [2.75, 3.05) is 19.0 Å². The minimum absolute atomic E-state index is 0.0333. The molecule has 4 rings (SSSR count). The molecule has 0 amide bonds. The number of methoxy groups -OCH3 is 1. The quantitative estimate of drug-likeness (QED) is 0.331. The van der Waals surface area contributed by atoms with Gasteiger partial charge < -0.3 is 14.8 Å². The molecular formula is C25H29N5O2. The molecule has 0 aliphatic heterocycles. The van der Waals surface area contributed by atoms with E-state index < -0.39 is 0 Å². The van der Waals surface area contributed by atoms with E-state index in [2.05, 4.69) is 58.6 Å². The Morgan fingerprint density at radius 1 is 1.09 bits per heavy atom. The van der Waals surface area contributed by atoms with E-state index in [1.165, 1.54) is 0 Å². The monoisotopic (exact) mass is 431 g/mol. The van der Waals surface area contributed by atoms with Crippen molar-refractivity contribution in [2.45, 2.75) is 39.7 Å². The Morgan fingerprint density at radius 2 is 1.97 bits per heavy atom. The molecule has 4 aromatic rings. The minimum Gasteiger partial charge on any atom is -0.493 e. The molecule has 0 radical (unpaired) electrons. The highest BCUT2D eigenvalue weighted by Gasteiger charge is 2.15. The summed E-state index contributed by atoms with van der Waals surface area (Å²) in [4.78, 5) is 9.31. The zero-order valence-electron chi connectivity index (χ0n) is 19.0. The van der Waals surface area contributed by atoms with Crippen molar-refractivity contribution in [3.63, 3.8) is 0 Å². The summed E-state index contributed by atoms with van der Waals surface area (Å²) in [5.41, 5.74) is 4.15. The first kappa shape index (κ1) is 21.6. The van der Waals surface area contributed by atoms with Crippen LogP contribution >= 0.6 is 0 Å². The second-order valence-corrected chi connectivity index (χ2v) is 7.82. The van der Waals surface area contributed by atoms with E-state index in [4.69, 9.17) is 14.5 Å². The van der Waals surface area contributed by atoms with Crippen LogP contribution < -0.4 is 14.8 Å². The first-order chi connectivity index (χ1) is 15.6. The summed E-state index contributed by atoms with van der Waals surface area (Å²) < 4.78 is 11.5. The van der Waals surface area contributed by atoms with Crippen molar-refractivity contribution in [2.24, 2.45) is 0 Å². The molecule has 7 heteroatoms. The van der Waals surface area contributed by atoms with E-state index in [-0.39, 0.29) is 6.04 Å². The maximum atomic E-state index is 5.99. The molecule has 0 aliphatic carbocycles. The van der Waals surface area contributed by atoms with Crippen molar-refractivity contribution in [3.8, 4) is 22.6 Å². The number of H-pyrrole nitrogens is 1. The van der Waals surface area contributed by atoms with Crippen LogP contribution in [0.3, 0.4) is 0 Å². The summed E-state index contributed by atoms with van der Waals surface area (Å²) in [6.45, 7) is 6.81. The van der Waals surface area contributed by atoms with Crippen molar-refractivity contribution >= 4 is 16.7 Å². The molecule has 2 heterocycles. The lowest BCUT2D eigenvalue weighted by Crippen LogP contribution is -2.10. The number of fused-ring (bicyclic) bond motifs is 1. The number of nitrogens with one attached hydrogen (secondary N) is 2. The number of aromatic nitrogens is 4. The highest BCUT2D eigenvalue weighted by molar-refractivity contribution is 5.92. The molecule has 0 saturated heterocycles. The van der Waals surface area contributed by atoms with Gasteiger partial charge in [-0.25, -0.2) is 9.97 Å². The average Bonchev–Trinajstić information content (AvgIpc) is 3.34. The number of rotatable bonds is 9. The number of hydrogen-bond donors (Lipinski definition) is 2. The van der Waals surface area contributed by atoms with Crippen molar-refractivity contribution < 1.29 is 9.47 Å². The molecule has 0 fully saturated rings. The number of ether oxygens (including phenoxy) is 2. The van der Waals surface area contributed by atoms with E-state index in [0.29, 0.717) is 23.9 Å². The van der Waals surface area contributed by atoms with Crippen molar-refractivity contribution in [1.82, 2.24) is 20.2 Å². The van der Waals surface area contributed by atoms with E-state index in [1.807, 2.05) is 31.5 Å². The number of hydrogen-bond acceptors (Lipinski definition) is 6. The molecule has 2 N–H and O–H groups in total. The van der Waals surface area contributed by atoms with Crippen LogP contribution in [0.4, 0.5) is 5.82 Å². The molecule has 0 spiro atoms. The molecule has 32 heavy (non-hydrogen) atoms. The van der Waals surface area contributed by atoms with Gasteiger partial charge in [-0.3, -0.25) is 5.10 Å². The molecule has 7 nitrogen and oxygen atoms in total. The molecule has 0 bridgehead atoms. The molecule has 2 aromatic carbocycles. The van der Waals surface area contributed by atoms with Crippen LogP contribution in [0.2, 0.25) is 0 Å². The Bertz CT molecular complexity index is 1190. The normalized spacial score (nSPS) is 12.0. The zero-order chi connectivity index (χ0) is 22.5. The molecule has 166 valence electrons. The van der Waals surface area contributed by atoms with E-state index in [1.54, 1.807) is 7.11 Å². The standard InChI is InChI=1S/C25H29N5O2/c1-5-6-10-32-24-12-21-22(13-23(24)31-4)29-17(3)30-25(21)28-16(2)18-8-7-9-19(11-18)20-14-26-27-15-20/h7-9,11-16H,5-6,10H2,1-4H3,(H,26,27)(H,28,29,30). The van der Waals surface area contributed by atoms with Crippen LogP contribution in [0.25, 0.3) is 22.0 Å². The van der Waals surface area contributed by atoms with Gasteiger partial charge in [0.05, 0.1) is 25.4 Å². The molecule has 1 atom stereocenters. The molecule has 0 aliphatic rings. The minimum atomic E-state index is 0.0333. The Balaban J connectivity index is 1.67. The fourth-order valence-electron chi connectivity index (χ4n) is 3.65. The third-order valence-electron chi connectivity index (χ3n) is 5.42. The second kappa shape index (κ2) is 9.68. The number of benzene rings is 2. The van der Waals surface area contributed by atoms with Gasteiger partial charge in [0, 0.05) is 29.3 Å². The first-order valence-corrected chi connectivity index (χ1v) is 10.9. The summed E-state index contributed by atoms with van der Waals surface area (Å²) in [5.74, 6) is 2.86. The average molecular weight is 432 g/mol. The second-order valence-electron chi connectivity index (χ2n) is 7.82. The third-order valence-corrected chi connectivity index (χ3v) is 5.42. The fraction of sp³-hybridized carbons (Fsp3) is 0.320. The van der Waals surface area contributed by atoms with Gasteiger partial charge in [0.1, 0.15) is 11.6 Å². The fourth-order valence-corrected chi connectivity index (χ4v) is 3.65. The molecule has 0 saturated carbocycles. The summed E-state index contributed by atoms with van der Waals surface area (Å²) in [5, 5.41) is 11.4. The lowest BCUT2D eigenvalue weighted by atomic mass is 10.0. The predicted molar refractivity (Wildman–Crippen MR) is 127 cm³/mol. The Morgan fingerprint density at radius 3 is 2.72 bits per heavy atom. The van der Waals surface area contributed by atoms with Gasteiger partial charge in [-0.1, -0.05) is 31.5 Å². The van der Waals surface area contributed by atoms with Crippen molar-refractivity contribution in [3.05, 3.63) is 60.2 Å². The highest BCUT2D eigenvalue weighted by atomic mass is 16.5. The smallest absolute Gasteiger partial charge is 0.162 e. The first-order valence-electron chi connectivity index (χ1n) is 10.9. The number of aromatic amines is 1. The van der Waals surface area contributed by atoms with Crippen LogP contribution in [0, 0.1) is 6.92 Å². The Labute approximate surface area is 188 Å². The van der Waals surface area contributed by atoms with E-state index >= 15 is 0 Å².